The van der Waals surface area contributed by atoms with Gasteiger partial charge in [0.05, 0.1) is 49.3 Å². The number of alkyl halides is 1. The van der Waals surface area contributed by atoms with Crippen LogP contribution in [-0.4, -0.2) is 49.2 Å². The number of hydrogen-bond donors (Lipinski definition) is 1. The molecule has 5 heteroatoms. The lowest BCUT2D eigenvalue weighted by Gasteiger charge is -2.51. The number of hydrogen-bond acceptors (Lipinski definition) is 4. The second-order valence-corrected chi connectivity index (χ2v) is 5.59. The van der Waals surface area contributed by atoms with Crippen LogP contribution in [0.5, 0.6) is 0 Å². The zero-order valence-corrected chi connectivity index (χ0v) is 11.1. The maximum atomic E-state index is 13.6. The van der Waals surface area contributed by atoms with E-state index in [2.05, 4.69) is 16.0 Å². The van der Waals surface area contributed by atoms with Gasteiger partial charge in [0.15, 0.2) is 0 Å². The van der Waals surface area contributed by atoms with E-state index >= 15 is 0 Å². The molecule has 19 heavy (non-hydrogen) atoms. The Morgan fingerprint density at radius 3 is 3.21 bits per heavy atom. The first kappa shape index (κ1) is 12.8. The predicted molar refractivity (Wildman–Crippen MR) is 70.1 cm³/mol. The number of aliphatic hydroxyl groups is 1. The van der Waals surface area contributed by atoms with E-state index in [1.54, 1.807) is 6.20 Å². The first-order chi connectivity index (χ1) is 9.20. The number of ether oxygens (including phenoxy) is 1. The van der Waals surface area contributed by atoms with Crippen LogP contribution in [-0.2, 0) is 11.2 Å². The summed E-state index contributed by atoms with van der Waals surface area (Å²) >= 11 is 0. The number of morpholine rings is 1. The highest BCUT2D eigenvalue weighted by atomic mass is 19.1. The number of nitrogens with zero attached hydrogens (tertiary/aromatic N) is 2. The number of aromatic nitrogens is 1. The van der Waals surface area contributed by atoms with Gasteiger partial charge in [0, 0.05) is 19.2 Å². The quantitative estimate of drug-likeness (QED) is 0.870. The fourth-order valence-corrected chi connectivity index (χ4v) is 3.16. The summed E-state index contributed by atoms with van der Waals surface area (Å²) in [6.45, 7) is 3.11. The third-order valence-corrected chi connectivity index (χ3v) is 4.33. The van der Waals surface area contributed by atoms with Crippen molar-refractivity contribution in [3.8, 4) is 0 Å². The topological polar surface area (TPSA) is 45.6 Å². The SMILES string of the molecule is Cc1cnc2c(c1)N1CCOC[C@H]1[C@](CO)(CF)C2. The molecule has 1 fully saturated rings. The Labute approximate surface area is 112 Å². The molecule has 1 saturated heterocycles. The molecule has 1 aromatic rings. The number of fused-ring (bicyclic) bond motifs is 3. The van der Waals surface area contributed by atoms with Crippen molar-refractivity contribution in [2.75, 3.05) is 37.9 Å². The zero-order valence-electron chi connectivity index (χ0n) is 11.1. The molecule has 0 spiro atoms. The summed E-state index contributed by atoms with van der Waals surface area (Å²) in [4.78, 5) is 6.61. The van der Waals surface area contributed by atoms with Crippen molar-refractivity contribution in [2.45, 2.75) is 19.4 Å². The molecule has 3 heterocycles. The summed E-state index contributed by atoms with van der Waals surface area (Å²) in [6, 6.07) is 1.99. The normalized spacial score (nSPS) is 29.8. The van der Waals surface area contributed by atoms with E-state index in [0.717, 1.165) is 23.5 Å². The van der Waals surface area contributed by atoms with Crippen LogP contribution in [0.15, 0.2) is 12.3 Å². The fraction of sp³-hybridized carbons (Fsp3) is 0.643. The minimum absolute atomic E-state index is 0.104. The first-order valence-electron chi connectivity index (χ1n) is 6.67. The van der Waals surface area contributed by atoms with E-state index < -0.39 is 12.1 Å². The Hall–Kier alpha value is -1.20. The Bertz CT molecular complexity index is 477. The molecule has 0 unspecified atom stereocenters. The molecule has 4 nitrogen and oxygen atoms in total. The summed E-state index contributed by atoms with van der Waals surface area (Å²) in [6.07, 6.45) is 2.28. The zero-order chi connectivity index (χ0) is 13.5. The highest BCUT2D eigenvalue weighted by Crippen LogP contribution is 2.42. The van der Waals surface area contributed by atoms with Crippen molar-refractivity contribution in [1.29, 1.82) is 0 Å². The average molecular weight is 266 g/mol. The predicted octanol–water partition coefficient (Wildman–Crippen LogP) is 1.10. The number of halogens is 1. The maximum Gasteiger partial charge on any atom is 0.0997 e. The van der Waals surface area contributed by atoms with Gasteiger partial charge in [0.1, 0.15) is 0 Å². The van der Waals surface area contributed by atoms with E-state index in [4.69, 9.17) is 4.74 Å². The molecule has 3 rings (SSSR count). The number of rotatable bonds is 2. The van der Waals surface area contributed by atoms with E-state index in [9.17, 15) is 9.50 Å². The Morgan fingerprint density at radius 1 is 1.63 bits per heavy atom. The standard InChI is InChI=1S/C14H19FN2O2/c1-10-4-12-11(16-6-10)5-14(8-15,9-18)13-7-19-3-2-17(12)13/h4,6,13,18H,2-3,5,7-9H2,1H3/t13-,14-/m0/s1. The largest absolute Gasteiger partial charge is 0.396 e. The van der Waals surface area contributed by atoms with Crippen LogP contribution in [0, 0.1) is 12.3 Å². The second kappa shape index (κ2) is 4.72. The molecule has 0 bridgehead atoms. The van der Waals surface area contributed by atoms with Crippen LogP contribution in [0.3, 0.4) is 0 Å². The van der Waals surface area contributed by atoms with Gasteiger partial charge in [0.25, 0.3) is 0 Å². The molecular weight excluding hydrogens is 247 g/mol. The lowest BCUT2D eigenvalue weighted by molar-refractivity contribution is -0.00756. The van der Waals surface area contributed by atoms with E-state index in [1.807, 2.05) is 6.92 Å². The average Bonchev–Trinajstić information content (AvgIpc) is 2.47. The monoisotopic (exact) mass is 266 g/mol. The van der Waals surface area contributed by atoms with Crippen LogP contribution in [0.4, 0.5) is 10.1 Å². The fourth-order valence-electron chi connectivity index (χ4n) is 3.16. The maximum absolute atomic E-state index is 13.6. The van der Waals surface area contributed by atoms with Crippen LogP contribution < -0.4 is 4.90 Å². The van der Waals surface area contributed by atoms with Gasteiger partial charge in [-0.15, -0.1) is 0 Å². The molecule has 2 aliphatic heterocycles. The van der Waals surface area contributed by atoms with Crippen LogP contribution >= 0.6 is 0 Å². The smallest absolute Gasteiger partial charge is 0.0997 e. The number of pyridine rings is 1. The molecule has 0 amide bonds. The summed E-state index contributed by atoms with van der Waals surface area (Å²) in [7, 11) is 0. The Morgan fingerprint density at radius 2 is 2.47 bits per heavy atom. The van der Waals surface area contributed by atoms with Gasteiger partial charge < -0.3 is 14.7 Å². The van der Waals surface area contributed by atoms with Gasteiger partial charge in [-0.05, 0) is 18.6 Å². The molecule has 0 aliphatic carbocycles. The van der Waals surface area contributed by atoms with E-state index in [0.29, 0.717) is 19.6 Å². The highest BCUT2D eigenvalue weighted by Gasteiger charge is 2.48. The van der Waals surface area contributed by atoms with Gasteiger partial charge >= 0.3 is 0 Å². The summed E-state index contributed by atoms with van der Waals surface area (Å²) in [5.41, 5.74) is 2.28. The van der Waals surface area contributed by atoms with Crippen LogP contribution in [0.25, 0.3) is 0 Å². The molecule has 0 radical (unpaired) electrons. The van der Waals surface area contributed by atoms with Gasteiger partial charge in [-0.3, -0.25) is 9.37 Å². The van der Waals surface area contributed by atoms with Crippen molar-refractivity contribution in [1.82, 2.24) is 4.98 Å². The van der Waals surface area contributed by atoms with Crippen molar-refractivity contribution >= 4 is 5.69 Å². The molecular formula is C14H19FN2O2. The molecule has 1 N–H and O–H groups in total. The van der Waals surface area contributed by atoms with Crippen LogP contribution in [0.2, 0.25) is 0 Å². The Balaban J connectivity index is 2.09. The Kier molecular flexibility index (Phi) is 3.19. The van der Waals surface area contributed by atoms with Crippen molar-refractivity contribution < 1.29 is 14.2 Å². The molecule has 2 atom stereocenters. The summed E-state index contributed by atoms with van der Waals surface area (Å²) in [5.74, 6) is 0. The lowest BCUT2D eigenvalue weighted by Crippen LogP contribution is -2.61. The molecule has 104 valence electrons. The second-order valence-electron chi connectivity index (χ2n) is 5.59. The van der Waals surface area contributed by atoms with Gasteiger partial charge in [0.2, 0.25) is 0 Å². The van der Waals surface area contributed by atoms with E-state index in [1.165, 1.54) is 0 Å². The van der Waals surface area contributed by atoms with E-state index in [-0.39, 0.29) is 12.6 Å². The van der Waals surface area contributed by atoms with Crippen molar-refractivity contribution in [2.24, 2.45) is 5.41 Å². The number of aryl methyl sites for hydroxylation is 1. The third-order valence-electron chi connectivity index (χ3n) is 4.33. The molecule has 1 aromatic heterocycles. The van der Waals surface area contributed by atoms with Crippen LogP contribution in [0.1, 0.15) is 11.3 Å². The first-order valence-corrected chi connectivity index (χ1v) is 6.67. The minimum Gasteiger partial charge on any atom is -0.396 e. The lowest BCUT2D eigenvalue weighted by atomic mass is 9.73. The number of aliphatic hydroxyl groups excluding tert-OH is 1. The number of anilines is 1. The van der Waals surface area contributed by atoms with Crippen molar-refractivity contribution in [3.05, 3.63) is 23.5 Å². The summed E-state index contributed by atoms with van der Waals surface area (Å²) in [5, 5.41) is 9.71. The summed E-state index contributed by atoms with van der Waals surface area (Å²) < 4.78 is 19.1. The molecule has 0 aromatic carbocycles. The highest BCUT2D eigenvalue weighted by molar-refractivity contribution is 5.57. The third kappa shape index (κ3) is 1.92. The van der Waals surface area contributed by atoms with Gasteiger partial charge in [-0.2, -0.15) is 0 Å². The van der Waals surface area contributed by atoms with Gasteiger partial charge in [-0.1, -0.05) is 0 Å². The molecule has 0 saturated carbocycles. The minimum atomic E-state index is -0.782. The van der Waals surface area contributed by atoms with Gasteiger partial charge in [-0.25, -0.2) is 0 Å². The molecule has 2 aliphatic rings. The van der Waals surface area contributed by atoms with Crippen molar-refractivity contribution in [3.63, 3.8) is 0 Å².